The van der Waals surface area contributed by atoms with Crippen LogP contribution >= 0.6 is 23.1 Å². The number of carbonyl (C=O) groups excluding carboxylic acids is 2. The molecule has 19 heavy (non-hydrogen) atoms. The Balaban J connectivity index is 1.65. The van der Waals surface area contributed by atoms with Crippen LogP contribution in [0.25, 0.3) is 10.2 Å². The van der Waals surface area contributed by atoms with E-state index in [-0.39, 0.29) is 17.6 Å². The van der Waals surface area contributed by atoms with Gasteiger partial charge in [-0.1, -0.05) is 23.9 Å². The van der Waals surface area contributed by atoms with Crippen LogP contribution in [0.4, 0.5) is 0 Å². The van der Waals surface area contributed by atoms with E-state index in [0.717, 1.165) is 21.0 Å². The Morgan fingerprint density at radius 3 is 3.00 bits per heavy atom. The summed E-state index contributed by atoms with van der Waals surface area (Å²) in [6.07, 6.45) is 1.29. The molecule has 0 spiro atoms. The zero-order valence-electron chi connectivity index (χ0n) is 10.2. The minimum atomic E-state index is -0.105. The number of thioether (sulfide) groups is 1. The fourth-order valence-corrected chi connectivity index (χ4v) is 3.97. The zero-order valence-corrected chi connectivity index (χ0v) is 11.8. The van der Waals surface area contributed by atoms with E-state index < -0.39 is 0 Å². The molecule has 0 unspecified atom stereocenters. The monoisotopic (exact) mass is 292 g/mol. The summed E-state index contributed by atoms with van der Waals surface area (Å²) in [4.78, 5) is 29.2. The summed E-state index contributed by atoms with van der Waals surface area (Å²) in [5.74, 6) is 0.132. The van der Waals surface area contributed by atoms with Gasteiger partial charge in [-0.05, 0) is 18.6 Å². The molecule has 0 atom stereocenters. The van der Waals surface area contributed by atoms with Gasteiger partial charge in [0, 0.05) is 13.0 Å². The van der Waals surface area contributed by atoms with E-state index in [2.05, 4.69) is 4.98 Å². The third-order valence-corrected chi connectivity index (χ3v) is 5.13. The van der Waals surface area contributed by atoms with Crippen LogP contribution in [0.5, 0.6) is 0 Å². The van der Waals surface area contributed by atoms with Crippen LogP contribution < -0.4 is 0 Å². The SMILES string of the molecule is O=C1CCCN1C(=O)CSc1nc2ccccc2s1. The Bertz CT molecular complexity index is 605. The molecule has 1 fully saturated rings. The second kappa shape index (κ2) is 5.30. The van der Waals surface area contributed by atoms with Gasteiger partial charge in [-0.2, -0.15) is 0 Å². The van der Waals surface area contributed by atoms with Crippen molar-refractivity contribution in [2.75, 3.05) is 12.3 Å². The smallest absolute Gasteiger partial charge is 0.239 e. The van der Waals surface area contributed by atoms with E-state index in [1.54, 1.807) is 11.3 Å². The zero-order chi connectivity index (χ0) is 13.2. The Morgan fingerprint density at radius 2 is 2.26 bits per heavy atom. The van der Waals surface area contributed by atoms with Crippen molar-refractivity contribution in [1.29, 1.82) is 0 Å². The van der Waals surface area contributed by atoms with Crippen molar-refractivity contribution >= 4 is 45.1 Å². The van der Waals surface area contributed by atoms with Gasteiger partial charge in [-0.25, -0.2) is 4.98 Å². The number of aromatic nitrogens is 1. The molecule has 1 aliphatic heterocycles. The van der Waals surface area contributed by atoms with Crippen LogP contribution in [0.3, 0.4) is 0 Å². The molecule has 0 saturated carbocycles. The summed E-state index contributed by atoms with van der Waals surface area (Å²) < 4.78 is 2.00. The Morgan fingerprint density at radius 1 is 1.42 bits per heavy atom. The maximum atomic E-state index is 11.9. The first-order valence-corrected chi connectivity index (χ1v) is 7.86. The molecule has 4 nitrogen and oxygen atoms in total. The molecule has 98 valence electrons. The minimum absolute atomic E-state index is 0.0464. The van der Waals surface area contributed by atoms with Gasteiger partial charge in [0.25, 0.3) is 0 Å². The van der Waals surface area contributed by atoms with E-state index >= 15 is 0 Å². The molecule has 6 heteroatoms. The first-order valence-electron chi connectivity index (χ1n) is 6.05. The highest BCUT2D eigenvalue weighted by molar-refractivity contribution is 8.01. The fraction of sp³-hybridized carbons (Fsp3) is 0.308. The van der Waals surface area contributed by atoms with Crippen molar-refractivity contribution in [3.05, 3.63) is 24.3 Å². The van der Waals surface area contributed by atoms with E-state index in [9.17, 15) is 9.59 Å². The standard InChI is InChI=1S/C13H12N2O2S2/c16-11-6-3-7-15(11)12(17)8-18-13-14-9-4-1-2-5-10(9)19-13/h1-2,4-5H,3,6-8H2. The lowest BCUT2D eigenvalue weighted by molar-refractivity contribution is -0.140. The number of imide groups is 1. The van der Waals surface area contributed by atoms with Crippen LogP contribution in [0.2, 0.25) is 0 Å². The fourth-order valence-electron chi connectivity index (χ4n) is 2.03. The number of para-hydroxylation sites is 1. The first kappa shape index (κ1) is 12.6. The van der Waals surface area contributed by atoms with Gasteiger partial charge >= 0.3 is 0 Å². The molecule has 2 heterocycles. The third kappa shape index (κ3) is 2.64. The number of hydrogen-bond donors (Lipinski definition) is 0. The lowest BCUT2D eigenvalue weighted by Gasteiger charge is -2.11. The number of nitrogens with zero attached hydrogens (tertiary/aromatic N) is 2. The molecule has 0 N–H and O–H groups in total. The molecule has 2 aromatic rings. The van der Waals surface area contributed by atoms with Gasteiger partial charge in [0.15, 0.2) is 4.34 Å². The molecular weight excluding hydrogens is 280 g/mol. The van der Waals surface area contributed by atoms with Gasteiger partial charge in [0.2, 0.25) is 11.8 Å². The summed E-state index contributed by atoms with van der Waals surface area (Å²) in [6.45, 7) is 0.568. The highest BCUT2D eigenvalue weighted by Gasteiger charge is 2.26. The van der Waals surface area contributed by atoms with Crippen LogP contribution in [-0.2, 0) is 9.59 Å². The number of fused-ring (bicyclic) bond motifs is 1. The van der Waals surface area contributed by atoms with E-state index in [1.165, 1.54) is 16.7 Å². The van der Waals surface area contributed by atoms with Gasteiger partial charge in [-0.15, -0.1) is 11.3 Å². The summed E-state index contributed by atoms with van der Waals surface area (Å²) in [7, 11) is 0. The molecule has 2 amide bonds. The van der Waals surface area contributed by atoms with Gasteiger partial charge in [-0.3, -0.25) is 14.5 Å². The third-order valence-electron chi connectivity index (χ3n) is 2.97. The highest BCUT2D eigenvalue weighted by atomic mass is 32.2. The number of rotatable bonds is 3. The molecular formula is C13H12N2O2S2. The topological polar surface area (TPSA) is 50.3 Å². The second-order valence-corrected chi connectivity index (χ2v) is 6.53. The van der Waals surface area contributed by atoms with Crippen molar-refractivity contribution in [1.82, 2.24) is 9.88 Å². The van der Waals surface area contributed by atoms with Gasteiger partial charge in [0.05, 0.1) is 16.0 Å². The van der Waals surface area contributed by atoms with E-state index in [1.807, 2.05) is 24.3 Å². The molecule has 1 aromatic heterocycles. The predicted molar refractivity (Wildman–Crippen MR) is 76.3 cm³/mol. The molecule has 0 bridgehead atoms. The molecule has 1 aromatic carbocycles. The van der Waals surface area contributed by atoms with Crippen LogP contribution in [-0.4, -0.2) is 34.0 Å². The number of hydrogen-bond acceptors (Lipinski definition) is 5. The predicted octanol–water partition coefficient (Wildman–Crippen LogP) is 2.54. The van der Waals surface area contributed by atoms with Gasteiger partial charge < -0.3 is 0 Å². The normalized spacial score (nSPS) is 15.4. The molecule has 3 rings (SSSR count). The number of likely N-dealkylation sites (tertiary alicyclic amines) is 1. The summed E-state index contributed by atoms with van der Waals surface area (Å²) in [6, 6.07) is 7.90. The number of amides is 2. The van der Waals surface area contributed by atoms with Crippen molar-refractivity contribution < 1.29 is 9.59 Å². The maximum absolute atomic E-state index is 11.9. The summed E-state index contributed by atoms with van der Waals surface area (Å²) in [5.41, 5.74) is 0.958. The Kier molecular flexibility index (Phi) is 3.52. The lowest BCUT2D eigenvalue weighted by Crippen LogP contribution is -2.33. The minimum Gasteiger partial charge on any atom is -0.282 e. The Hall–Kier alpha value is -1.40. The average molecular weight is 292 g/mol. The van der Waals surface area contributed by atoms with Crippen molar-refractivity contribution in [3.8, 4) is 0 Å². The first-order chi connectivity index (χ1) is 9.24. The average Bonchev–Trinajstić information content (AvgIpc) is 3.01. The number of thiazole rings is 1. The molecule has 1 aliphatic rings. The summed E-state index contributed by atoms with van der Waals surface area (Å²) >= 11 is 2.99. The quantitative estimate of drug-likeness (QED) is 0.816. The maximum Gasteiger partial charge on any atom is 0.239 e. The lowest BCUT2D eigenvalue weighted by atomic mass is 10.3. The van der Waals surface area contributed by atoms with Crippen molar-refractivity contribution in [2.24, 2.45) is 0 Å². The van der Waals surface area contributed by atoms with E-state index in [0.29, 0.717) is 13.0 Å². The van der Waals surface area contributed by atoms with Crippen LogP contribution in [0, 0.1) is 0 Å². The summed E-state index contributed by atoms with van der Waals surface area (Å²) in [5, 5.41) is 0. The van der Waals surface area contributed by atoms with E-state index in [4.69, 9.17) is 0 Å². The molecule has 0 aliphatic carbocycles. The molecule has 0 radical (unpaired) electrons. The van der Waals surface area contributed by atoms with Crippen molar-refractivity contribution in [2.45, 2.75) is 17.2 Å². The number of benzene rings is 1. The molecule has 1 saturated heterocycles. The highest BCUT2D eigenvalue weighted by Crippen LogP contribution is 2.29. The van der Waals surface area contributed by atoms with Gasteiger partial charge in [0.1, 0.15) is 0 Å². The number of carbonyl (C=O) groups is 2. The largest absolute Gasteiger partial charge is 0.282 e. The second-order valence-electron chi connectivity index (χ2n) is 4.28. The van der Waals surface area contributed by atoms with Crippen LogP contribution in [0.15, 0.2) is 28.6 Å². The Labute approximate surface area is 118 Å². The van der Waals surface area contributed by atoms with Crippen molar-refractivity contribution in [3.63, 3.8) is 0 Å². The van der Waals surface area contributed by atoms with Crippen LogP contribution in [0.1, 0.15) is 12.8 Å².